The topological polar surface area (TPSA) is 86.8 Å². The molecule has 4 aliphatic rings. The van der Waals surface area contributed by atoms with E-state index in [1.165, 1.54) is 123 Å². The first kappa shape index (κ1) is 60.2. The van der Waals surface area contributed by atoms with Gasteiger partial charge in [0, 0.05) is 76.3 Å². The largest absolute Gasteiger partial charge is 0.290 e. The molecular formula is C92H80N12+4. The van der Waals surface area contributed by atoms with Crippen molar-refractivity contribution in [2.24, 2.45) is 28.2 Å². The second-order valence-electron chi connectivity index (χ2n) is 28.4. The molecule has 21 rings (SSSR count). The van der Waals surface area contributed by atoms with E-state index in [0.717, 1.165) is 99.1 Å². The van der Waals surface area contributed by atoms with Gasteiger partial charge in [-0.15, -0.1) is 0 Å². The van der Waals surface area contributed by atoms with Crippen LogP contribution >= 0.6 is 0 Å². The predicted octanol–water partition coefficient (Wildman–Crippen LogP) is 17.2. The van der Waals surface area contributed by atoms with E-state index in [1.807, 2.05) is 44.3 Å². The van der Waals surface area contributed by atoms with Crippen LogP contribution in [0.25, 0.3) is 123 Å². The molecule has 0 saturated carbocycles. The van der Waals surface area contributed by atoms with Crippen molar-refractivity contribution in [2.75, 3.05) is 0 Å². The SMILES string of the molecule is Cc1ccc(-c2cc3c(c[n+]2C)-n2c(nc4ccccc42)C3)c(C)c1.Cc1ccc(-c2ccccc2)cc1-c1cc2c(c[n+]1C)-n1c(nc3ccccc31)C2.Cc1ccccc1-c1cc2c(c[n+]1C)-n1c(nc3ccccc31)C2.[2H]C([2H])([2H])c1ccc(-c2cc3c(c[n+]2C)-n2c(nc4ccccc42)C3)c(C)c1. The molecule has 0 fully saturated rings. The molecule has 0 N–H and O–H groups in total. The molecule has 12 heteroatoms. The van der Waals surface area contributed by atoms with Crippen molar-refractivity contribution < 1.29 is 22.4 Å². The van der Waals surface area contributed by atoms with Gasteiger partial charge in [0.2, 0.25) is 22.8 Å². The molecule has 504 valence electrons. The normalized spacial score (nSPS) is 12.9. The highest BCUT2D eigenvalue weighted by molar-refractivity contribution is 5.84. The lowest BCUT2D eigenvalue weighted by molar-refractivity contribution is -0.660. The Morgan fingerprint density at radius 3 is 1.00 bits per heavy atom. The molecule has 9 aromatic carbocycles. The zero-order valence-corrected chi connectivity index (χ0v) is 59.9. The van der Waals surface area contributed by atoms with Crippen molar-refractivity contribution in [2.45, 2.75) is 67.2 Å². The molecule has 4 aliphatic heterocycles. The Labute approximate surface area is 609 Å². The van der Waals surface area contributed by atoms with Crippen molar-refractivity contribution in [3.05, 3.63) is 334 Å². The molecule has 8 aromatic heterocycles. The smallest absolute Gasteiger partial charge is 0.212 e. The summed E-state index contributed by atoms with van der Waals surface area (Å²) in [5, 5.41) is 0. The number of rotatable bonds is 5. The van der Waals surface area contributed by atoms with Gasteiger partial charge in [0.1, 0.15) is 74.2 Å². The number of pyridine rings is 4. The van der Waals surface area contributed by atoms with E-state index in [2.05, 4.69) is 298 Å². The lowest BCUT2D eigenvalue weighted by atomic mass is 9.96. The molecular weight excluding hydrogens is 1270 g/mol. The number of hydrogen-bond acceptors (Lipinski definition) is 4. The Morgan fingerprint density at radius 1 is 0.288 bits per heavy atom. The van der Waals surface area contributed by atoms with Gasteiger partial charge < -0.3 is 0 Å². The molecule has 0 spiro atoms. The van der Waals surface area contributed by atoms with Gasteiger partial charge in [0.05, 0.1) is 44.1 Å². The molecule has 0 radical (unpaired) electrons. The van der Waals surface area contributed by atoms with Crippen LogP contribution in [-0.4, -0.2) is 38.2 Å². The molecule has 12 nitrogen and oxygen atoms in total. The zero-order chi connectivity index (χ0) is 73.3. The Kier molecular flexibility index (Phi) is 14.6. The number of imidazole rings is 4. The van der Waals surface area contributed by atoms with Gasteiger partial charge in [-0.25, -0.2) is 19.9 Å². The molecule has 0 atom stereocenters. The second-order valence-corrected chi connectivity index (χ2v) is 28.4. The van der Waals surface area contributed by atoms with Gasteiger partial charge >= 0.3 is 0 Å². The minimum absolute atomic E-state index is 0.379. The Balaban J connectivity index is 0.000000101. The number of fused-ring (bicyclic) bond motifs is 20. The van der Waals surface area contributed by atoms with Crippen LogP contribution in [0.15, 0.2) is 255 Å². The highest BCUT2D eigenvalue weighted by atomic mass is 15.2. The van der Waals surface area contributed by atoms with Crippen LogP contribution < -0.4 is 18.3 Å². The van der Waals surface area contributed by atoms with Crippen LogP contribution in [0.3, 0.4) is 0 Å². The van der Waals surface area contributed by atoms with E-state index < -0.39 is 6.85 Å². The molecule has 12 heterocycles. The van der Waals surface area contributed by atoms with Gasteiger partial charge in [-0.1, -0.05) is 145 Å². The first-order valence-electron chi connectivity index (χ1n) is 37.2. The summed E-state index contributed by atoms with van der Waals surface area (Å²) < 4.78 is 40.9. The van der Waals surface area contributed by atoms with Crippen molar-refractivity contribution in [3.63, 3.8) is 0 Å². The summed E-state index contributed by atoms with van der Waals surface area (Å²) in [5.41, 5.74) is 37.8. The molecule has 0 amide bonds. The van der Waals surface area contributed by atoms with E-state index in [0.29, 0.717) is 5.56 Å². The Bertz CT molecular complexity index is 6510. The maximum Gasteiger partial charge on any atom is 0.212 e. The first-order chi connectivity index (χ1) is 51.8. The lowest BCUT2D eigenvalue weighted by Crippen LogP contribution is -2.31. The molecule has 0 unspecified atom stereocenters. The number of benzene rings is 9. The van der Waals surface area contributed by atoms with Crippen LogP contribution in [0.4, 0.5) is 0 Å². The van der Waals surface area contributed by atoms with Crippen LogP contribution in [0.5, 0.6) is 0 Å². The fourth-order valence-corrected chi connectivity index (χ4v) is 16.3. The van der Waals surface area contributed by atoms with Crippen LogP contribution in [-0.2, 0) is 53.9 Å². The molecule has 0 aliphatic carbocycles. The number of hydrogen-bond donors (Lipinski definition) is 0. The summed E-state index contributed by atoms with van der Waals surface area (Å²) in [4.78, 5) is 19.3. The number of aromatic nitrogens is 12. The van der Waals surface area contributed by atoms with E-state index in [9.17, 15) is 0 Å². The minimum atomic E-state index is -2.08. The third kappa shape index (κ3) is 10.9. The van der Waals surface area contributed by atoms with Gasteiger partial charge in [-0.3, -0.25) is 18.3 Å². The summed E-state index contributed by atoms with van der Waals surface area (Å²) in [7, 11) is 8.43. The number of aryl methyl sites for hydroxylation is 10. The highest BCUT2D eigenvalue weighted by Crippen LogP contribution is 2.39. The number of para-hydroxylation sites is 8. The predicted molar refractivity (Wildman–Crippen MR) is 416 cm³/mol. The molecule has 17 aromatic rings. The minimum Gasteiger partial charge on any atom is -0.290 e. The Hall–Kier alpha value is -12.5. The quantitative estimate of drug-likeness (QED) is 0.161. The fourth-order valence-electron chi connectivity index (χ4n) is 16.3. The van der Waals surface area contributed by atoms with Crippen molar-refractivity contribution >= 4 is 44.1 Å². The van der Waals surface area contributed by atoms with Crippen molar-refractivity contribution in [1.82, 2.24) is 38.2 Å². The molecule has 0 saturated heterocycles. The van der Waals surface area contributed by atoms with E-state index >= 15 is 0 Å². The maximum absolute atomic E-state index is 7.63. The summed E-state index contributed by atoms with van der Waals surface area (Å²) in [6, 6.07) is 80.5. The molecule has 0 bridgehead atoms. The van der Waals surface area contributed by atoms with E-state index in [1.54, 1.807) is 12.1 Å². The third-order valence-corrected chi connectivity index (χ3v) is 21.4. The summed E-state index contributed by atoms with van der Waals surface area (Å²) in [5.74, 6) is 4.45. The Morgan fingerprint density at radius 2 is 0.615 bits per heavy atom. The summed E-state index contributed by atoms with van der Waals surface area (Å²) in [6.45, 7) is 8.57. The van der Waals surface area contributed by atoms with Crippen LogP contribution in [0, 0.1) is 41.5 Å². The van der Waals surface area contributed by atoms with Crippen LogP contribution in [0.1, 0.15) is 83.0 Å². The van der Waals surface area contributed by atoms with Gasteiger partial charge in [0.25, 0.3) is 0 Å². The van der Waals surface area contributed by atoms with Gasteiger partial charge in [-0.05, 0) is 170 Å². The highest BCUT2D eigenvalue weighted by Gasteiger charge is 2.33. The standard InChI is InChI=1S/C27H22N3.2C22H20N3.C21H18N3/c1-18-12-13-20(19-8-4-3-5-9-19)14-22(18)25-15-21-16-27-28-23-10-6-7-11-24(23)30(27)26(21)17-29(25)2;2*1-14-8-9-17(15(2)10-14)20-11-16-12-22-23-18-6-4-5-7-19(18)25(22)21(16)13-24(20)3;1-14-7-3-4-8-16(14)19-11-15-12-21-22-17-9-5-6-10-18(17)24(21)20(15)13-23(19)2/h3-15,17H,16H2,1-2H3;2*4-11,13H,12H2,1-3H3;3-11,13H,12H2,1-2H3/q4*+1/i;1D3;;. The summed E-state index contributed by atoms with van der Waals surface area (Å²) >= 11 is 0. The second kappa shape index (κ2) is 25.2. The van der Waals surface area contributed by atoms with E-state index in [-0.39, 0.29) is 0 Å². The van der Waals surface area contributed by atoms with Crippen LogP contribution in [0.2, 0.25) is 0 Å². The zero-order valence-electron chi connectivity index (χ0n) is 62.9. The third-order valence-electron chi connectivity index (χ3n) is 21.4. The monoisotopic (exact) mass is 1360 g/mol. The average Bonchev–Trinajstić information content (AvgIpc) is 1.61. The van der Waals surface area contributed by atoms with E-state index in [4.69, 9.17) is 24.0 Å². The molecule has 104 heavy (non-hydrogen) atoms. The summed E-state index contributed by atoms with van der Waals surface area (Å²) in [6.07, 6.45) is 12.3. The first-order valence-corrected chi connectivity index (χ1v) is 35.7. The number of nitrogens with zero attached hydrogens (tertiary/aromatic N) is 12. The maximum atomic E-state index is 7.63. The fraction of sp³-hybridized carbons (Fsp3) is 0.152. The lowest BCUT2D eigenvalue weighted by Gasteiger charge is -2.10. The van der Waals surface area contributed by atoms with Gasteiger partial charge in [-0.2, -0.15) is 18.3 Å². The van der Waals surface area contributed by atoms with Crippen molar-refractivity contribution in [1.29, 1.82) is 0 Å². The van der Waals surface area contributed by atoms with Gasteiger partial charge in [0.15, 0.2) is 24.8 Å². The van der Waals surface area contributed by atoms with Crippen molar-refractivity contribution in [3.8, 4) is 78.9 Å². The average molecular weight is 1360 g/mol.